The third kappa shape index (κ3) is 5.76. The van der Waals surface area contributed by atoms with Gasteiger partial charge >= 0.3 is 0 Å². The Bertz CT molecular complexity index is 1280. The number of benzene rings is 2. The van der Waals surface area contributed by atoms with Crippen LogP contribution in [0.15, 0.2) is 67.0 Å². The predicted molar refractivity (Wildman–Crippen MR) is 138 cm³/mol. The molecular formula is C28H29N5O3. The fourth-order valence-corrected chi connectivity index (χ4v) is 3.88. The van der Waals surface area contributed by atoms with Gasteiger partial charge in [-0.2, -0.15) is 10.4 Å². The van der Waals surface area contributed by atoms with Crippen molar-refractivity contribution in [2.45, 2.75) is 33.0 Å². The van der Waals surface area contributed by atoms with Crippen molar-refractivity contribution in [2.75, 3.05) is 19.1 Å². The molecule has 4 aromatic rings. The molecule has 4 rings (SSSR count). The first kappa shape index (κ1) is 24.6. The lowest BCUT2D eigenvalue weighted by molar-refractivity contribution is 0.276. The molecule has 2 aromatic heterocycles. The maximum atomic E-state index is 9.28. The molecule has 0 aliphatic carbocycles. The normalized spacial score (nSPS) is 11.4. The SMILES string of the molecule is COc1ccc(CN(Cc2ccc(OC)cc2)c2cc(-c3c[nH]nc3C)c(OC(C)C#N)cn2)cc1. The number of nitrogens with zero attached hydrogens (tertiary/aromatic N) is 4. The molecule has 1 N–H and O–H groups in total. The first-order valence-electron chi connectivity index (χ1n) is 11.6. The predicted octanol–water partition coefficient (Wildman–Crippen LogP) is 5.30. The van der Waals surface area contributed by atoms with Gasteiger partial charge in [-0.1, -0.05) is 24.3 Å². The molecular weight excluding hydrogens is 454 g/mol. The largest absolute Gasteiger partial charge is 0.497 e. The van der Waals surface area contributed by atoms with Gasteiger partial charge in [0.2, 0.25) is 0 Å². The van der Waals surface area contributed by atoms with Gasteiger partial charge in [-0.25, -0.2) is 4.98 Å². The molecule has 8 nitrogen and oxygen atoms in total. The molecule has 0 fully saturated rings. The van der Waals surface area contributed by atoms with Crippen molar-refractivity contribution in [3.8, 4) is 34.4 Å². The van der Waals surface area contributed by atoms with Crippen LogP contribution < -0.4 is 19.1 Å². The maximum absolute atomic E-state index is 9.28. The number of methoxy groups -OCH3 is 2. The number of nitriles is 1. The van der Waals surface area contributed by atoms with Crippen molar-refractivity contribution in [2.24, 2.45) is 0 Å². The molecule has 0 saturated carbocycles. The highest BCUT2D eigenvalue weighted by atomic mass is 16.5. The third-order valence-corrected chi connectivity index (χ3v) is 5.85. The van der Waals surface area contributed by atoms with Crippen molar-refractivity contribution in [1.82, 2.24) is 15.2 Å². The summed E-state index contributed by atoms with van der Waals surface area (Å²) < 4.78 is 16.5. The zero-order valence-corrected chi connectivity index (χ0v) is 20.9. The van der Waals surface area contributed by atoms with Gasteiger partial charge < -0.3 is 19.1 Å². The highest BCUT2D eigenvalue weighted by molar-refractivity contribution is 5.74. The monoisotopic (exact) mass is 483 g/mol. The third-order valence-electron chi connectivity index (χ3n) is 5.85. The second kappa shape index (κ2) is 11.3. The fraction of sp³-hybridized carbons (Fsp3) is 0.250. The number of hydrogen-bond donors (Lipinski definition) is 1. The van der Waals surface area contributed by atoms with Gasteiger partial charge in [-0.15, -0.1) is 0 Å². The van der Waals surface area contributed by atoms with E-state index in [0.29, 0.717) is 18.8 Å². The minimum Gasteiger partial charge on any atom is -0.497 e. The fourth-order valence-electron chi connectivity index (χ4n) is 3.88. The van der Waals surface area contributed by atoms with Crippen LogP contribution in [0, 0.1) is 18.3 Å². The van der Waals surface area contributed by atoms with Gasteiger partial charge in [0.25, 0.3) is 0 Å². The van der Waals surface area contributed by atoms with Gasteiger partial charge in [-0.05, 0) is 55.3 Å². The highest BCUT2D eigenvalue weighted by Gasteiger charge is 2.18. The summed E-state index contributed by atoms with van der Waals surface area (Å²) >= 11 is 0. The van der Waals surface area contributed by atoms with E-state index in [9.17, 15) is 5.26 Å². The first-order chi connectivity index (χ1) is 17.5. The average Bonchev–Trinajstić information content (AvgIpc) is 3.34. The molecule has 0 radical (unpaired) electrons. The molecule has 2 aromatic carbocycles. The summed E-state index contributed by atoms with van der Waals surface area (Å²) in [6.45, 7) is 4.89. The topological polar surface area (TPSA) is 96.3 Å². The number of nitrogens with one attached hydrogen (secondary N) is 1. The molecule has 0 saturated heterocycles. The number of ether oxygens (including phenoxy) is 3. The van der Waals surface area contributed by atoms with Crippen LogP contribution in [0.5, 0.6) is 17.2 Å². The lowest BCUT2D eigenvalue weighted by Crippen LogP contribution is -2.23. The van der Waals surface area contributed by atoms with Crippen LogP contribution in [-0.4, -0.2) is 35.5 Å². The van der Waals surface area contributed by atoms with E-state index < -0.39 is 6.10 Å². The summed E-state index contributed by atoms with van der Waals surface area (Å²) in [6.07, 6.45) is 2.90. The smallest absolute Gasteiger partial charge is 0.181 e. The van der Waals surface area contributed by atoms with E-state index in [1.54, 1.807) is 27.3 Å². The second-order valence-electron chi connectivity index (χ2n) is 8.36. The molecule has 0 spiro atoms. The minimum atomic E-state index is -0.613. The molecule has 1 atom stereocenters. The number of aromatic nitrogens is 3. The Hall–Kier alpha value is -4.51. The number of anilines is 1. The van der Waals surface area contributed by atoms with Gasteiger partial charge in [-0.3, -0.25) is 5.10 Å². The Morgan fingerprint density at radius 2 is 1.53 bits per heavy atom. The van der Waals surface area contributed by atoms with Crippen LogP contribution in [0.4, 0.5) is 5.82 Å². The maximum Gasteiger partial charge on any atom is 0.181 e. The molecule has 8 heteroatoms. The van der Waals surface area contributed by atoms with E-state index in [-0.39, 0.29) is 0 Å². The summed E-state index contributed by atoms with van der Waals surface area (Å²) in [4.78, 5) is 6.93. The highest BCUT2D eigenvalue weighted by Crippen LogP contribution is 2.35. The Morgan fingerprint density at radius 1 is 0.944 bits per heavy atom. The number of rotatable bonds is 10. The number of pyridine rings is 1. The average molecular weight is 484 g/mol. The number of aromatic amines is 1. The van der Waals surface area contributed by atoms with Crippen molar-refractivity contribution in [3.05, 3.63) is 83.8 Å². The van der Waals surface area contributed by atoms with Gasteiger partial charge in [0.05, 0.1) is 26.1 Å². The molecule has 1 unspecified atom stereocenters. The molecule has 0 aliphatic rings. The molecule has 0 bridgehead atoms. The summed E-state index contributed by atoms with van der Waals surface area (Å²) in [7, 11) is 3.32. The quantitative estimate of drug-likeness (QED) is 0.327. The lowest BCUT2D eigenvalue weighted by atomic mass is 10.1. The molecule has 0 aliphatic heterocycles. The second-order valence-corrected chi connectivity index (χ2v) is 8.36. The van der Waals surface area contributed by atoms with Crippen molar-refractivity contribution in [3.63, 3.8) is 0 Å². The molecule has 0 amide bonds. The van der Waals surface area contributed by atoms with E-state index in [4.69, 9.17) is 19.2 Å². The van der Waals surface area contributed by atoms with Gasteiger partial charge in [0.15, 0.2) is 6.10 Å². The molecule has 184 valence electrons. The van der Waals surface area contributed by atoms with Crippen LogP contribution in [0.3, 0.4) is 0 Å². The number of H-pyrrole nitrogens is 1. The number of hydrogen-bond acceptors (Lipinski definition) is 7. The standard InChI is InChI=1S/C28H29N5O3/c1-19(14-29)36-27-16-30-28(13-25(27)26-15-31-32-20(26)2)33(17-21-5-9-23(34-3)10-6-21)18-22-7-11-24(35-4)12-8-22/h5-13,15-16,19H,17-18H2,1-4H3,(H,31,32). The Morgan fingerprint density at radius 3 is 2.00 bits per heavy atom. The Balaban J connectivity index is 1.74. The van der Waals surface area contributed by atoms with Crippen LogP contribution >= 0.6 is 0 Å². The van der Waals surface area contributed by atoms with E-state index in [1.165, 1.54) is 0 Å². The summed E-state index contributed by atoms with van der Waals surface area (Å²) in [5.74, 6) is 2.93. The van der Waals surface area contributed by atoms with E-state index in [2.05, 4.69) is 21.2 Å². The summed E-state index contributed by atoms with van der Waals surface area (Å²) in [5.41, 5.74) is 4.78. The van der Waals surface area contributed by atoms with Crippen LogP contribution in [-0.2, 0) is 13.1 Å². The van der Waals surface area contributed by atoms with Crippen molar-refractivity contribution < 1.29 is 14.2 Å². The van der Waals surface area contributed by atoms with Crippen LogP contribution in [0.2, 0.25) is 0 Å². The minimum absolute atomic E-state index is 0.533. The molecule has 2 heterocycles. The number of aryl methyl sites for hydroxylation is 1. The van der Waals surface area contributed by atoms with Crippen LogP contribution in [0.1, 0.15) is 23.7 Å². The van der Waals surface area contributed by atoms with Gasteiger partial charge in [0.1, 0.15) is 29.1 Å². The van der Waals surface area contributed by atoms with Gasteiger partial charge in [0, 0.05) is 30.4 Å². The zero-order valence-electron chi connectivity index (χ0n) is 20.9. The Labute approximate surface area is 211 Å². The Kier molecular flexibility index (Phi) is 7.71. The van der Waals surface area contributed by atoms with Crippen molar-refractivity contribution >= 4 is 5.82 Å². The van der Waals surface area contributed by atoms with Crippen molar-refractivity contribution in [1.29, 1.82) is 5.26 Å². The van der Waals surface area contributed by atoms with E-state index >= 15 is 0 Å². The van der Waals surface area contributed by atoms with E-state index in [0.717, 1.165) is 45.3 Å². The molecule has 36 heavy (non-hydrogen) atoms. The van der Waals surface area contributed by atoms with Crippen LogP contribution in [0.25, 0.3) is 11.1 Å². The van der Waals surface area contributed by atoms with E-state index in [1.807, 2.05) is 67.7 Å². The summed E-state index contributed by atoms with van der Waals surface area (Å²) in [6, 6.07) is 20.1. The lowest BCUT2D eigenvalue weighted by Gasteiger charge is -2.25. The zero-order chi connectivity index (χ0) is 25.5. The first-order valence-corrected chi connectivity index (χ1v) is 11.6. The summed E-state index contributed by atoms with van der Waals surface area (Å²) in [5, 5.41) is 16.5.